The molecule has 1 heterocycles. The van der Waals surface area contributed by atoms with Crippen molar-refractivity contribution >= 4 is 17.5 Å². The molecular formula is C18H17ClN4O2. The standard InChI is InChI=1S/C18H17ClN4O2/c1-11(20-18(24)13-4-3-5-15(10-13)25-2)16-21-17(23-22-16)12-6-8-14(19)9-7-12/h3-11H,1-2H3,(H,20,24)(H,21,22,23)/t11-/m1/s1. The molecule has 0 unspecified atom stereocenters. The third kappa shape index (κ3) is 3.97. The second kappa shape index (κ2) is 7.36. The average molecular weight is 357 g/mol. The number of H-pyrrole nitrogens is 1. The van der Waals surface area contributed by atoms with E-state index in [0.717, 1.165) is 5.56 Å². The number of rotatable bonds is 5. The van der Waals surface area contributed by atoms with E-state index in [1.54, 1.807) is 43.5 Å². The van der Waals surface area contributed by atoms with Crippen molar-refractivity contribution in [3.05, 3.63) is 64.9 Å². The van der Waals surface area contributed by atoms with E-state index in [1.165, 1.54) is 0 Å². The number of amides is 1. The minimum absolute atomic E-state index is 0.212. The van der Waals surface area contributed by atoms with Crippen LogP contribution in [0.4, 0.5) is 0 Å². The lowest BCUT2D eigenvalue weighted by molar-refractivity contribution is 0.0938. The van der Waals surface area contributed by atoms with Crippen molar-refractivity contribution in [2.75, 3.05) is 7.11 Å². The highest BCUT2D eigenvalue weighted by molar-refractivity contribution is 6.30. The summed E-state index contributed by atoms with van der Waals surface area (Å²) in [7, 11) is 1.56. The van der Waals surface area contributed by atoms with Crippen LogP contribution in [0.5, 0.6) is 5.75 Å². The van der Waals surface area contributed by atoms with Crippen LogP contribution in [0.15, 0.2) is 48.5 Å². The number of hydrogen-bond donors (Lipinski definition) is 2. The van der Waals surface area contributed by atoms with Gasteiger partial charge in [0.1, 0.15) is 11.6 Å². The second-order valence-corrected chi connectivity index (χ2v) is 5.91. The molecule has 1 aromatic heterocycles. The highest BCUT2D eigenvalue weighted by atomic mass is 35.5. The van der Waals surface area contributed by atoms with E-state index in [9.17, 15) is 4.79 Å². The van der Waals surface area contributed by atoms with Gasteiger partial charge in [-0.05, 0) is 49.4 Å². The summed E-state index contributed by atoms with van der Waals surface area (Å²) < 4.78 is 5.14. The minimum atomic E-state index is -0.327. The van der Waals surface area contributed by atoms with Crippen molar-refractivity contribution in [2.24, 2.45) is 0 Å². The maximum absolute atomic E-state index is 12.4. The van der Waals surface area contributed by atoms with Crippen LogP contribution in [0.25, 0.3) is 11.4 Å². The van der Waals surface area contributed by atoms with Gasteiger partial charge in [-0.15, -0.1) is 0 Å². The van der Waals surface area contributed by atoms with Gasteiger partial charge in [-0.25, -0.2) is 4.98 Å². The molecule has 2 aromatic carbocycles. The predicted molar refractivity (Wildman–Crippen MR) is 95.7 cm³/mol. The van der Waals surface area contributed by atoms with Crippen molar-refractivity contribution in [3.63, 3.8) is 0 Å². The molecule has 3 rings (SSSR count). The maximum Gasteiger partial charge on any atom is 0.251 e. The van der Waals surface area contributed by atoms with E-state index in [4.69, 9.17) is 16.3 Å². The van der Waals surface area contributed by atoms with Gasteiger partial charge in [0.25, 0.3) is 5.91 Å². The smallest absolute Gasteiger partial charge is 0.251 e. The largest absolute Gasteiger partial charge is 0.497 e. The SMILES string of the molecule is COc1cccc(C(=O)N[C@H](C)c2nc(-c3ccc(Cl)cc3)n[nH]2)c1. The van der Waals surface area contributed by atoms with Crippen LogP contribution in [0, 0.1) is 0 Å². The zero-order valence-corrected chi connectivity index (χ0v) is 14.5. The maximum atomic E-state index is 12.4. The fourth-order valence-corrected chi connectivity index (χ4v) is 2.43. The average Bonchev–Trinajstić information content (AvgIpc) is 3.12. The highest BCUT2D eigenvalue weighted by Crippen LogP contribution is 2.20. The van der Waals surface area contributed by atoms with E-state index in [-0.39, 0.29) is 11.9 Å². The van der Waals surface area contributed by atoms with Crippen LogP contribution in [0.3, 0.4) is 0 Å². The molecular weight excluding hydrogens is 340 g/mol. The normalized spacial score (nSPS) is 11.8. The lowest BCUT2D eigenvalue weighted by Gasteiger charge is -2.11. The second-order valence-electron chi connectivity index (χ2n) is 5.48. The fraction of sp³-hybridized carbons (Fsp3) is 0.167. The molecule has 0 spiro atoms. The van der Waals surface area contributed by atoms with Crippen molar-refractivity contribution in [1.29, 1.82) is 0 Å². The summed E-state index contributed by atoms with van der Waals surface area (Å²) in [6.45, 7) is 1.84. The number of nitrogens with one attached hydrogen (secondary N) is 2. The zero-order valence-electron chi connectivity index (χ0n) is 13.8. The highest BCUT2D eigenvalue weighted by Gasteiger charge is 2.16. The molecule has 0 saturated carbocycles. The molecule has 0 bridgehead atoms. The van der Waals surface area contributed by atoms with Gasteiger partial charge in [0, 0.05) is 16.1 Å². The Labute approximate surface area is 150 Å². The monoisotopic (exact) mass is 356 g/mol. The first-order valence-electron chi connectivity index (χ1n) is 7.70. The Kier molecular flexibility index (Phi) is 5.00. The fourth-order valence-electron chi connectivity index (χ4n) is 2.31. The summed E-state index contributed by atoms with van der Waals surface area (Å²) in [5.41, 5.74) is 1.36. The quantitative estimate of drug-likeness (QED) is 0.731. The van der Waals surface area contributed by atoms with Crippen molar-refractivity contribution in [1.82, 2.24) is 20.5 Å². The Morgan fingerprint density at radius 2 is 2.00 bits per heavy atom. The molecule has 3 aromatic rings. The minimum Gasteiger partial charge on any atom is -0.497 e. The molecule has 0 radical (unpaired) electrons. The van der Waals surface area contributed by atoms with Crippen LogP contribution in [0.2, 0.25) is 5.02 Å². The first-order chi connectivity index (χ1) is 12.1. The molecule has 7 heteroatoms. The molecule has 6 nitrogen and oxygen atoms in total. The number of aromatic nitrogens is 3. The summed E-state index contributed by atoms with van der Waals surface area (Å²) in [6, 6.07) is 13.9. The van der Waals surface area contributed by atoms with Crippen LogP contribution < -0.4 is 10.1 Å². The summed E-state index contributed by atoms with van der Waals surface area (Å²) >= 11 is 5.89. The number of halogens is 1. The number of nitrogens with zero attached hydrogens (tertiary/aromatic N) is 2. The molecule has 128 valence electrons. The van der Waals surface area contributed by atoms with E-state index < -0.39 is 0 Å². The van der Waals surface area contributed by atoms with Gasteiger partial charge in [0.05, 0.1) is 13.2 Å². The third-order valence-corrected chi connectivity index (χ3v) is 3.95. The van der Waals surface area contributed by atoms with E-state index in [1.807, 2.05) is 19.1 Å². The van der Waals surface area contributed by atoms with Crippen molar-refractivity contribution < 1.29 is 9.53 Å². The van der Waals surface area contributed by atoms with Gasteiger partial charge in [-0.2, -0.15) is 5.10 Å². The summed E-state index contributed by atoms with van der Waals surface area (Å²) in [5.74, 6) is 1.54. The van der Waals surface area contributed by atoms with Crippen LogP contribution >= 0.6 is 11.6 Å². The Hall–Kier alpha value is -2.86. The molecule has 0 saturated heterocycles. The van der Waals surface area contributed by atoms with Crippen LogP contribution in [-0.4, -0.2) is 28.2 Å². The van der Waals surface area contributed by atoms with E-state index in [2.05, 4.69) is 20.5 Å². The van der Waals surface area contributed by atoms with Gasteiger partial charge in [0.2, 0.25) is 0 Å². The molecule has 1 amide bonds. The molecule has 0 aliphatic rings. The predicted octanol–water partition coefficient (Wildman–Crippen LogP) is 3.62. The lowest BCUT2D eigenvalue weighted by atomic mass is 10.2. The van der Waals surface area contributed by atoms with Gasteiger partial charge in [0.15, 0.2) is 5.82 Å². The van der Waals surface area contributed by atoms with Gasteiger partial charge < -0.3 is 10.1 Å². The molecule has 25 heavy (non-hydrogen) atoms. The Balaban J connectivity index is 1.72. The number of hydrogen-bond acceptors (Lipinski definition) is 4. The van der Waals surface area contributed by atoms with Crippen LogP contribution in [0.1, 0.15) is 29.1 Å². The Morgan fingerprint density at radius 3 is 2.72 bits per heavy atom. The van der Waals surface area contributed by atoms with Crippen molar-refractivity contribution in [2.45, 2.75) is 13.0 Å². The Morgan fingerprint density at radius 1 is 1.24 bits per heavy atom. The number of carbonyl (C=O) groups excluding carboxylic acids is 1. The topological polar surface area (TPSA) is 79.9 Å². The molecule has 0 aliphatic carbocycles. The zero-order chi connectivity index (χ0) is 17.8. The van der Waals surface area contributed by atoms with Gasteiger partial charge in [-0.1, -0.05) is 17.7 Å². The van der Waals surface area contributed by atoms with Crippen molar-refractivity contribution in [3.8, 4) is 17.1 Å². The van der Waals surface area contributed by atoms with E-state index >= 15 is 0 Å². The third-order valence-electron chi connectivity index (χ3n) is 3.69. The van der Waals surface area contributed by atoms with Crippen LogP contribution in [-0.2, 0) is 0 Å². The number of ether oxygens (including phenoxy) is 1. The summed E-state index contributed by atoms with van der Waals surface area (Å²) in [5, 5.41) is 10.6. The first-order valence-corrected chi connectivity index (χ1v) is 8.08. The first kappa shape index (κ1) is 17.0. The van der Waals surface area contributed by atoms with E-state index in [0.29, 0.717) is 28.0 Å². The summed E-state index contributed by atoms with van der Waals surface area (Å²) in [6.07, 6.45) is 0. The molecule has 2 N–H and O–H groups in total. The molecule has 0 fully saturated rings. The lowest BCUT2D eigenvalue weighted by Crippen LogP contribution is -2.27. The summed E-state index contributed by atoms with van der Waals surface area (Å²) in [4.78, 5) is 16.8. The number of aromatic amines is 1. The molecule has 1 atom stereocenters. The number of methoxy groups -OCH3 is 1. The van der Waals surface area contributed by atoms with Gasteiger partial charge in [-0.3, -0.25) is 9.89 Å². The van der Waals surface area contributed by atoms with Gasteiger partial charge >= 0.3 is 0 Å². The number of benzene rings is 2. The Bertz CT molecular complexity index is 877. The molecule has 0 aliphatic heterocycles. The number of carbonyl (C=O) groups is 1.